The van der Waals surface area contributed by atoms with Gasteiger partial charge >= 0.3 is 12.1 Å². The van der Waals surface area contributed by atoms with Crippen molar-refractivity contribution in [3.63, 3.8) is 0 Å². The molecule has 1 aromatic heterocycles. The van der Waals surface area contributed by atoms with Gasteiger partial charge in [0, 0.05) is 30.0 Å². The molecule has 1 aliphatic heterocycles. The fraction of sp³-hybridized carbons (Fsp3) is 0.586. The van der Waals surface area contributed by atoms with E-state index in [9.17, 15) is 23.1 Å². The summed E-state index contributed by atoms with van der Waals surface area (Å²) >= 11 is 0. The molecule has 204 valence electrons. The largest absolute Gasteiger partial charge is 0.479 e. The number of hydrogen-bond acceptors (Lipinski definition) is 4. The molecule has 1 aliphatic rings. The summed E-state index contributed by atoms with van der Waals surface area (Å²) in [6.07, 6.45) is -2.62. The summed E-state index contributed by atoms with van der Waals surface area (Å²) < 4.78 is 45.1. The third-order valence-corrected chi connectivity index (χ3v) is 7.04. The molecule has 3 rings (SSSR count). The van der Waals surface area contributed by atoms with Gasteiger partial charge in [0.2, 0.25) is 0 Å². The third-order valence-electron chi connectivity index (χ3n) is 7.04. The van der Waals surface area contributed by atoms with Crippen molar-refractivity contribution in [1.82, 2.24) is 4.98 Å². The van der Waals surface area contributed by atoms with Crippen LogP contribution in [0.5, 0.6) is 0 Å². The predicted octanol–water partition coefficient (Wildman–Crippen LogP) is 7.07. The van der Waals surface area contributed by atoms with Gasteiger partial charge in [-0.05, 0) is 89.0 Å². The van der Waals surface area contributed by atoms with Gasteiger partial charge < -0.3 is 14.7 Å². The lowest BCUT2D eigenvalue weighted by Gasteiger charge is -2.41. The molecule has 37 heavy (non-hydrogen) atoms. The number of carboxylic acid groups (broad SMARTS) is 1. The molecule has 0 unspecified atom stereocenters. The lowest BCUT2D eigenvalue weighted by Crippen LogP contribution is -2.39. The van der Waals surface area contributed by atoms with Crippen molar-refractivity contribution in [2.45, 2.75) is 92.0 Å². The molecule has 2 aromatic rings. The summed E-state index contributed by atoms with van der Waals surface area (Å²) in [6, 6.07) is 5.22. The number of piperidine rings is 1. The second-order valence-electron chi connectivity index (χ2n) is 11.8. The van der Waals surface area contributed by atoms with Crippen molar-refractivity contribution in [2.75, 3.05) is 18.0 Å². The van der Waals surface area contributed by atoms with Gasteiger partial charge in [-0.3, -0.25) is 4.98 Å². The average molecular weight is 521 g/mol. The van der Waals surface area contributed by atoms with Crippen LogP contribution in [0.4, 0.5) is 18.9 Å². The molecular formula is C29H39F3N2O3. The van der Waals surface area contributed by atoms with Crippen molar-refractivity contribution in [3.8, 4) is 0 Å². The summed E-state index contributed by atoms with van der Waals surface area (Å²) in [5.41, 5.74) is 3.36. The van der Waals surface area contributed by atoms with Crippen molar-refractivity contribution < 1.29 is 27.8 Å². The van der Waals surface area contributed by atoms with Gasteiger partial charge in [-0.2, -0.15) is 13.2 Å². The minimum absolute atomic E-state index is 0.197. The van der Waals surface area contributed by atoms with E-state index < -0.39 is 29.4 Å². The molecule has 8 heteroatoms. The van der Waals surface area contributed by atoms with Crippen LogP contribution in [0.15, 0.2) is 24.3 Å². The summed E-state index contributed by atoms with van der Waals surface area (Å²) in [5, 5.41) is 10.2. The van der Waals surface area contributed by atoms with Crippen molar-refractivity contribution in [1.29, 1.82) is 0 Å². The number of aryl methyl sites for hydroxylation is 3. The Morgan fingerprint density at radius 3 is 2.11 bits per heavy atom. The zero-order valence-electron chi connectivity index (χ0n) is 22.9. The number of rotatable bonds is 7. The Labute approximate surface area is 218 Å². The number of pyridine rings is 1. The molecule has 0 bridgehead atoms. The van der Waals surface area contributed by atoms with Crippen LogP contribution in [-0.4, -0.2) is 34.8 Å². The number of ether oxygens (including phenoxy) is 1. The molecule has 0 amide bonds. The van der Waals surface area contributed by atoms with Crippen LogP contribution in [0, 0.1) is 19.3 Å². The van der Waals surface area contributed by atoms with Gasteiger partial charge in [0.1, 0.15) is 0 Å². The van der Waals surface area contributed by atoms with Crippen LogP contribution in [0.2, 0.25) is 0 Å². The molecule has 1 fully saturated rings. The first kappa shape index (κ1) is 29.0. The third kappa shape index (κ3) is 7.24. The van der Waals surface area contributed by atoms with Crippen molar-refractivity contribution >= 4 is 11.7 Å². The number of aromatic nitrogens is 1. The van der Waals surface area contributed by atoms with Crippen molar-refractivity contribution in [3.05, 3.63) is 57.9 Å². The predicted molar refractivity (Wildman–Crippen MR) is 139 cm³/mol. The maximum Gasteiger partial charge on any atom is 0.416 e. The number of carbonyl (C=O) groups is 1. The smallest absolute Gasteiger partial charge is 0.416 e. The molecule has 1 saturated heterocycles. The zero-order valence-corrected chi connectivity index (χ0v) is 22.9. The van der Waals surface area contributed by atoms with Crippen LogP contribution in [0.25, 0.3) is 0 Å². The van der Waals surface area contributed by atoms with Crippen LogP contribution >= 0.6 is 0 Å². The van der Waals surface area contributed by atoms with Gasteiger partial charge in [0.05, 0.1) is 16.9 Å². The van der Waals surface area contributed by atoms with Crippen LogP contribution in [0.3, 0.4) is 0 Å². The number of benzene rings is 1. The maximum absolute atomic E-state index is 13.0. The summed E-state index contributed by atoms with van der Waals surface area (Å²) in [4.78, 5) is 19.5. The van der Waals surface area contributed by atoms with E-state index in [1.807, 2.05) is 34.6 Å². The van der Waals surface area contributed by atoms with E-state index in [4.69, 9.17) is 9.72 Å². The SMILES string of the molecule is Cc1nc(C)c([C@H](OC(C)(C)C)C(=O)O)c(N2CCC(C)(C)CC2)c1CCc1ccc(C(F)(F)F)cc1. The molecule has 0 spiro atoms. The Bertz CT molecular complexity index is 1110. The Balaban J connectivity index is 2.08. The monoisotopic (exact) mass is 520 g/mol. The quantitative estimate of drug-likeness (QED) is 0.423. The molecule has 5 nitrogen and oxygen atoms in total. The van der Waals surface area contributed by atoms with Gasteiger partial charge in [-0.25, -0.2) is 4.79 Å². The topological polar surface area (TPSA) is 62.7 Å². The Hall–Kier alpha value is -2.61. The molecule has 1 N–H and O–H groups in total. The fourth-order valence-electron chi connectivity index (χ4n) is 4.91. The van der Waals surface area contributed by atoms with E-state index in [1.54, 1.807) is 0 Å². The highest BCUT2D eigenvalue weighted by Gasteiger charge is 2.36. The lowest BCUT2D eigenvalue weighted by atomic mass is 9.82. The highest BCUT2D eigenvalue weighted by atomic mass is 19.4. The standard InChI is InChI=1S/C29H39F3N2O3/c1-18-22(13-10-20-8-11-21(12-9-20)29(30,31)32)24(34-16-14-28(6,7)15-17-34)23(19(2)33-18)25(26(35)36)37-27(3,4)5/h8-9,11-12,25H,10,13-17H2,1-7H3,(H,35,36)/t25-/m0/s1. The number of anilines is 1. The molecule has 0 saturated carbocycles. The fourth-order valence-corrected chi connectivity index (χ4v) is 4.91. The van der Waals surface area contributed by atoms with Crippen LogP contribution < -0.4 is 4.90 Å². The first-order chi connectivity index (χ1) is 17.0. The second-order valence-corrected chi connectivity index (χ2v) is 11.8. The van der Waals surface area contributed by atoms with E-state index in [0.717, 1.165) is 60.6 Å². The lowest BCUT2D eigenvalue weighted by molar-refractivity contribution is -0.160. The van der Waals surface area contributed by atoms with E-state index in [-0.39, 0.29) is 5.41 Å². The summed E-state index contributed by atoms with van der Waals surface area (Å²) in [7, 11) is 0. The molecule has 0 radical (unpaired) electrons. The van der Waals surface area contributed by atoms with Gasteiger partial charge in [0.25, 0.3) is 0 Å². The highest BCUT2D eigenvalue weighted by molar-refractivity contribution is 5.79. The summed E-state index contributed by atoms with van der Waals surface area (Å²) in [5.74, 6) is -1.07. The molecule has 1 aromatic carbocycles. The molecule has 0 aliphatic carbocycles. The number of nitrogens with zero attached hydrogens (tertiary/aromatic N) is 2. The van der Waals surface area contributed by atoms with Gasteiger partial charge in [-0.15, -0.1) is 0 Å². The zero-order chi connectivity index (χ0) is 27.8. The van der Waals surface area contributed by atoms with Crippen LogP contribution in [-0.2, 0) is 28.5 Å². The van der Waals surface area contributed by atoms with Gasteiger partial charge in [-0.1, -0.05) is 26.0 Å². The maximum atomic E-state index is 13.0. The second kappa shape index (κ2) is 10.6. The van der Waals surface area contributed by atoms with E-state index >= 15 is 0 Å². The Morgan fingerprint density at radius 1 is 1.05 bits per heavy atom. The highest BCUT2D eigenvalue weighted by Crippen LogP contribution is 2.41. The number of hydrogen-bond donors (Lipinski definition) is 1. The van der Waals surface area contributed by atoms with E-state index in [1.165, 1.54) is 12.1 Å². The summed E-state index contributed by atoms with van der Waals surface area (Å²) in [6.45, 7) is 15.2. The number of halogens is 3. The molecule has 1 atom stereocenters. The molecular weight excluding hydrogens is 481 g/mol. The Kier molecular flexibility index (Phi) is 8.32. The Morgan fingerprint density at radius 2 is 1.62 bits per heavy atom. The van der Waals surface area contributed by atoms with Crippen molar-refractivity contribution in [2.24, 2.45) is 5.41 Å². The van der Waals surface area contributed by atoms with Crippen LogP contribution in [0.1, 0.15) is 87.2 Å². The average Bonchev–Trinajstić information content (AvgIpc) is 2.76. The van der Waals surface area contributed by atoms with Gasteiger partial charge in [0.15, 0.2) is 6.10 Å². The number of alkyl halides is 3. The first-order valence-corrected chi connectivity index (χ1v) is 12.8. The first-order valence-electron chi connectivity index (χ1n) is 12.8. The van der Waals surface area contributed by atoms with E-state index in [0.29, 0.717) is 24.1 Å². The number of aliphatic carboxylic acids is 1. The normalized spacial score (nSPS) is 17.1. The minimum atomic E-state index is -4.38. The minimum Gasteiger partial charge on any atom is -0.479 e. The number of carboxylic acids is 1. The van der Waals surface area contributed by atoms with E-state index in [2.05, 4.69) is 18.7 Å². The molecule has 2 heterocycles.